The van der Waals surface area contributed by atoms with Gasteiger partial charge in [0, 0.05) is 18.8 Å². The van der Waals surface area contributed by atoms with E-state index >= 15 is 0 Å². The molecule has 0 aliphatic heterocycles. The summed E-state index contributed by atoms with van der Waals surface area (Å²) in [6.07, 6.45) is 1.19. The van der Waals surface area contributed by atoms with Gasteiger partial charge in [-0.05, 0) is 24.6 Å². The van der Waals surface area contributed by atoms with Crippen LogP contribution in [0.15, 0.2) is 24.3 Å². The number of anilines is 1. The normalized spacial score (nSPS) is 14.1. The van der Waals surface area contributed by atoms with Gasteiger partial charge in [0.2, 0.25) is 10.0 Å². The van der Waals surface area contributed by atoms with Crippen molar-refractivity contribution in [3.8, 4) is 0 Å². The molecule has 0 heterocycles. The lowest BCUT2D eigenvalue weighted by Gasteiger charge is -2.22. The number of rotatable bonds is 3. The molecule has 0 spiro atoms. The van der Waals surface area contributed by atoms with Crippen molar-refractivity contribution in [3.05, 3.63) is 29.8 Å². The number of nitrogens with two attached hydrogens (primary N) is 1. The topological polar surface area (TPSA) is 63.4 Å². The van der Waals surface area contributed by atoms with E-state index in [1.54, 1.807) is 19.2 Å². The van der Waals surface area contributed by atoms with E-state index < -0.39 is 10.0 Å². The summed E-state index contributed by atoms with van der Waals surface area (Å²) < 4.78 is 24.0. The number of benzene rings is 1. The van der Waals surface area contributed by atoms with Crippen LogP contribution in [0, 0.1) is 0 Å². The molecule has 15 heavy (non-hydrogen) atoms. The minimum absolute atomic E-state index is 0.205. The predicted octanol–water partition coefficient (Wildman–Crippen LogP) is 1.22. The molecular formula is C10H16N2O2S. The van der Waals surface area contributed by atoms with Crippen LogP contribution in [0.4, 0.5) is 5.69 Å². The molecular weight excluding hydrogens is 212 g/mol. The standard InChI is InChI=1S/C10H16N2O2S/c1-8(12(2)15(3,13)14)9-5-4-6-10(11)7-9/h4-8H,11H2,1-3H3. The van der Waals surface area contributed by atoms with Crippen LogP contribution in [0.3, 0.4) is 0 Å². The second kappa shape index (κ2) is 4.20. The maximum atomic E-state index is 11.3. The number of nitrogens with zero attached hydrogens (tertiary/aromatic N) is 1. The van der Waals surface area contributed by atoms with Crippen LogP contribution in [0.2, 0.25) is 0 Å². The number of sulfonamides is 1. The molecule has 1 rings (SSSR count). The minimum atomic E-state index is -3.17. The molecule has 1 atom stereocenters. The monoisotopic (exact) mass is 228 g/mol. The molecule has 0 bridgehead atoms. The lowest BCUT2D eigenvalue weighted by molar-refractivity contribution is 0.402. The van der Waals surface area contributed by atoms with E-state index in [-0.39, 0.29) is 6.04 Å². The SMILES string of the molecule is CC(c1cccc(N)c1)N(C)S(C)(=O)=O. The van der Waals surface area contributed by atoms with Gasteiger partial charge in [-0.25, -0.2) is 8.42 Å². The largest absolute Gasteiger partial charge is 0.399 e. The van der Waals surface area contributed by atoms with Gasteiger partial charge in [-0.15, -0.1) is 0 Å². The van der Waals surface area contributed by atoms with Gasteiger partial charge < -0.3 is 5.73 Å². The van der Waals surface area contributed by atoms with Crippen LogP contribution in [-0.2, 0) is 10.0 Å². The zero-order chi connectivity index (χ0) is 11.6. The Morgan fingerprint density at radius 3 is 2.47 bits per heavy atom. The van der Waals surface area contributed by atoms with Crippen molar-refractivity contribution < 1.29 is 8.42 Å². The van der Waals surface area contributed by atoms with Gasteiger partial charge in [0.25, 0.3) is 0 Å². The van der Waals surface area contributed by atoms with Gasteiger partial charge in [0.05, 0.1) is 6.26 Å². The molecule has 1 unspecified atom stereocenters. The molecule has 0 aromatic heterocycles. The van der Waals surface area contributed by atoms with Gasteiger partial charge in [0.15, 0.2) is 0 Å². The van der Waals surface area contributed by atoms with Gasteiger partial charge >= 0.3 is 0 Å². The molecule has 0 saturated carbocycles. The highest BCUT2D eigenvalue weighted by Crippen LogP contribution is 2.22. The van der Waals surface area contributed by atoms with E-state index in [2.05, 4.69) is 0 Å². The fourth-order valence-electron chi connectivity index (χ4n) is 1.32. The third-order valence-electron chi connectivity index (χ3n) is 2.46. The zero-order valence-corrected chi connectivity index (χ0v) is 9.95. The molecule has 0 saturated heterocycles. The minimum Gasteiger partial charge on any atom is -0.399 e. The van der Waals surface area contributed by atoms with E-state index in [1.165, 1.54) is 10.6 Å². The summed E-state index contributed by atoms with van der Waals surface area (Å²) in [5.74, 6) is 0. The van der Waals surface area contributed by atoms with E-state index in [0.29, 0.717) is 5.69 Å². The Bertz CT molecular complexity index is 442. The molecule has 4 nitrogen and oxygen atoms in total. The van der Waals surface area contributed by atoms with Crippen molar-refractivity contribution in [1.82, 2.24) is 4.31 Å². The molecule has 5 heteroatoms. The van der Waals surface area contributed by atoms with Gasteiger partial charge in [-0.3, -0.25) is 0 Å². The molecule has 1 aromatic rings. The Morgan fingerprint density at radius 2 is 2.00 bits per heavy atom. The molecule has 1 aromatic carbocycles. The molecule has 2 N–H and O–H groups in total. The maximum Gasteiger partial charge on any atom is 0.211 e. The highest BCUT2D eigenvalue weighted by Gasteiger charge is 2.19. The third-order valence-corrected chi connectivity index (χ3v) is 3.82. The van der Waals surface area contributed by atoms with Gasteiger partial charge in [-0.2, -0.15) is 4.31 Å². The number of nitrogen functional groups attached to an aromatic ring is 1. The summed E-state index contributed by atoms with van der Waals surface area (Å²) in [5.41, 5.74) is 7.17. The fraction of sp³-hybridized carbons (Fsp3) is 0.400. The molecule has 84 valence electrons. The van der Waals surface area contributed by atoms with E-state index in [0.717, 1.165) is 5.56 Å². The Labute approximate surface area is 90.8 Å². The highest BCUT2D eigenvalue weighted by atomic mass is 32.2. The van der Waals surface area contributed by atoms with Crippen molar-refractivity contribution >= 4 is 15.7 Å². The van der Waals surface area contributed by atoms with Crippen LogP contribution >= 0.6 is 0 Å². The molecule has 0 aliphatic rings. The first-order chi connectivity index (χ1) is 6.82. The quantitative estimate of drug-likeness (QED) is 0.791. The van der Waals surface area contributed by atoms with E-state index in [9.17, 15) is 8.42 Å². The number of hydrogen-bond acceptors (Lipinski definition) is 3. The lowest BCUT2D eigenvalue weighted by atomic mass is 10.1. The van der Waals surface area contributed by atoms with Crippen LogP contribution in [0.5, 0.6) is 0 Å². The fourth-order valence-corrected chi connectivity index (χ4v) is 2.01. The Balaban J connectivity index is 3.00. The Morgan fingerprint density at radius 1 is 1.40 bits per heavy atom. The van der Waals surface area contributed by atoms with Crippen LogP contribution < -0.4 is 5.73 Å². The van der Waals surface area contributed by atoms with Crippen molar-refractivity contribution in [3.63, 3.8) is 0 Å². The maximum absolute atomic E-state index is 11.3. The molecule has 0 radical (unpaired) electrons. The summed E-state index contributed by atoms with van der Waals surface area (Å²) in [6.45, 7) is 1.83. The van der Waals surface area contributed by atoms with Crippen molar-refractivity contribution in [2.24, 2.45) is 0 Å². The van der Waals surface area contributed by atoms with Crippen LogP contribution in [-0.4, -0.2) is 26.0 Å². The summed E-state index contributed by atoms with van der Waals surface area (Å²) in [4.78, 5) is 0. The Hall–Kier alpha value is -1.07. The third kappa shape index (κ3) is 2.94. The first-order valence-electron chi connectivity index (χ1n) is 4.61. The van der Waals surface area contributed by atoms with Gasteiger partial charge in [0.1, 0.15) is 0 Å². The number of hydrogen-bond donors (Lipinski definition) is 1. The van der Waals surface area contributed by atoms with Crippen molar-refractivity contribution in [2.75, 3.05) is 19.0 Å². The van der Waals surface area contributed by atoms with Gasteiger partial charge in [-0.1, -0.05) is 12.1 Å². The lowest BCUT2D eigenvalue weighted by Crippen LogP contribution is -2.28. The average Bonchev–Trinajstić information content (AvgIpc) is 2.14. The summed E-state index contributed by atoms with van der Waals surface area (Å²) in [5, 5.41) is 0. The van der Waals surface area contributed by atoms with E-state index in [4.69, 9.17) is 5.73 Å². The Kier molecular flexibility index (Phi) is 3.36. The van der Waals surface area contributed by atoms with Crippen LogP contribution in [0.1, 0.15) is 18.5 Å². The average molecular weight is 228 g/mol. The molecule has 0 amide bonds. The van der Waals surface area contributed by atoms with Crippen molar-refractivity contribution in [1.29, 1.82) is 0 Å². The summed E-state index contributed by atoms with van der Waals surface area (Å²) >= 11 is 0. The highest BCUT2D eigenvalue weighted by molar-refractivity contribution is 7.88. The van der Waals surface area contributed by atoms with Crippen molar-refractivity contribution in [2.45, 2.75) is 13.0 Å². The predicted molar refractivity (Wildman–Crippen MR) is 61.9 cm³/mol. The first-order valence-corrected chi connectivity index (χ1v) is 6.45. The second-order valence-corrected chi connectivity index (χ2v) is 5.67. The first kappa shape index (κ1) is 12.0. The zero-order valence-electron chi connectivity index (χ0n) is 9.14. The van der Waals surface area contributed by atoms with Crippen LogP contribution in [0.25, 0.3) is 0 Å². The molecule has 0 aliphatic carbocycles. The molecule has 0 fully saturated rings. The summed E-state index contributed by atoms with van der Waals surface area (Å²) in [6, 6.07) is 7.03. The second-order valence-electron chi connectivity index (χ2n) is 3.63. The summed E-state index contributed by atoms with van der Waals surface area (Å²) in [7, 11) is -1.61. The smallest absolute Gasteiger partial charge is 0.211 e. The van der Waals surface area contributed by atoms with E-state index in [1.807, 2.05) is 19.1 Å².